The van der Waals surface area contributed by atoms with E-state index in [4.69, 9.17) is 0 Å². The van der Waals surface area contributed by atoms with Crippen molar-refractivity contribution < 1.29 is 12.8 Å². The van der Waals surface area contributed by atoms with Crippen molar-refractivity contribution >= 4 is 38.4 Å². The van der Waals surface area contributed by atoms with Crippen molar-refractivity contribution in [1.29, 1.82) is 0 Å². The zero-order chi connectivity index (χ0) is 13.2. The Balaban J connectivity index is 0.00000180. The van der Waals surface area contributed by atoms with Crippen LogP contribution in [-0.4, -0.2) is 27.5 Å². The smallest absolute Gasteiger partial charge is 0.241 e. The van der Waals surface area contributed by atoms with Gasteiger partial charge in [0.15, 0.2) is 0 Å². The predicted molar refractivity (Wildman–Crippen MR) is 77.6 cm³/mol. The summed E-state index contributed by atoms with van der Waals surface area (Å²) in [5.41, 5.74) is 0. The standard InChI is InChI=1S/C11H14BrFN2O2S.ClH/c12-10-6-8(13)3-4-11(10)18(16,17)15-9-2-1-5-14-7-9;/h3-4,6,9,14-15H,1-2,5,7H2;1H/t9-;/m0./s1. The van der Waals surface area contributed by atoms with Crippen molar-refractivity contribution in [3.05, 3.63) is 28.5 Å². The van der Waals surface area contributed by atoms with E-state index in [0.717, 1.165) is 31.5 Å². The summed E-state index contributed by atoms with van der Waals surface area (Å²) in [6, 6.07) is 3.44. The van der Waals surface area contributed by atoms with Crippen LogP contribution in [0.15, 0.2) is 27.6 Å². The van der Waals surface area contributed by atoms with Crippen LogP contribution in [0.3, 0.4) is 0 Å². The molecule has 0 saturated carbocycles. The van der Waals surface area contributed by atoms with Crippen molar-refractivity contribution in [2.24, 2.45) is 0 Å². The molecule has 0 unspecified atom stereocenters. The third-order valence-corrected chi connectivity index (χ3v) is 5.30. The molecule has 1 aromatic carbocycles. The Bertz CT molecular complexity index is 535. The van der Waals surface area contributed by atoms with Crippen molar-refractivity contribution in [2.75, 3.05) is 13.1 Å². The van der Waals surface area contributed by atoms with Crippen LogP contribution in [0.2, 0.25) is 0 Å². The second kappa shape index (κ2) is 6.99. The molecule has 1 saturated heterocycles. The fourth-order valence-electron chi connectivity index (χ4n) is 1.93. The van der Waals surface area contributed by atoms with Crippen molar-refractivity contribution in [3.8, 4) is 0 Å². The summed E-state index contributed by atoms with van der Waals surface area (Å²) >= 11 is 3.07. The zero-order valence-electron chi connectivity index (χ0n) is 10.0. The molecule has 1 aromatic rings. The highest BCUT2D eigenvalue weighted by atomic mass is 79.9. The van der Waals surface area contributed by atoms with Gasteiger partial charge in [-0.3, -0.25) is 0 Å². The number of sulfonamides is 1. The molecule has 1 atom stereocenters. The van der Waals surface area contributed by atoms with Gasteiger partial charge in [-0.15, -0.1) is 12.4 Å². The van der Waals surface area contributed by atoms with Gasteiger partial charge in [-0.1, -0.05) is 0 Å². The highest BCUT2D eigenvalue weighted by Crippen LogP contribution is 2.23. The van der Waals surface area contributed by atoms with E-state index in [0.29, 0.717) is 6.54 Å². The minimum absolute atomic E-state index is 0. The van der Waals surface area contributed by atoms with E-state index in [2.05, 4.69) is 26.0 Å². The summed E-state index contributed by atoms with van der Waals surface area (Å²) in [6.07, 6.45) is 1.75. The molecule has 2 rings (SSSR count). The fourth-order valence-corrected chi connectivity index (χ4v) is 4.25. The molecule has 0 spiro atoms. The molecule has 1 heterocycles. The Kier molecular flexibility index (Phi) is 6.19. The van der Waals surface area contributed by atoms with Gasteiger partial charge in [0, 0.05) is 17.1 Å². The van der Waals surface area contributed by atoms with Crippen molar-refractivity contribution in [3.63, 3.8) is 0 Å². The first-order valence-corrected chi connectivity index (χ1v) is 7.95. The minimum Gasteiger partial charge on any atom is -0.315 e. The molecule has 0 aromatic heterocycles. The Morgan fingerprint density at radius 2 is 2.16 bits per heavy atom. The molecule has 0 aliphatic carbocycles. The number of hydrogen-bond donors (Lipinski definition) is 2. The second-order valence-electron chi connectivity index (χ2n) is 4.24. The molecule has 1 aliphatic heterocycles. The average Bonchev–Trinajstić information content (AvgIpc) is 2.29. The van der Waals surface area contributed by atoms with Gasteiger partial charge < -0.3 is 5.32 Å². The van der Waals surface area contributed by atoms with Crippen LogP contribution >= 0.6 is 28.3 Å². The molecule has 19 heavy (non-hydrogen) atoms. The van der Waals surface area contributed by atoms with Gasteiger partial charge in [0.2, 0.25) is 10.0 Å². The number of hydrogen-bond acceptors (Lipinski definition) is 3. The van der Waals surface area contributed by atoms with Gasteiger partial charge in [0.25, 0.3) is 0 Å². The molecule has 0 amide bonds. The topological polar surface area (TPSA) is 58.2 Å². The second-order valence-corrected chi connectivity index (χ2v) is 6.78. The van der Waals surface area contributed by atoms with Gasteiger partial charge in [-0.05, 0) is 53.5 Å². The number of piperidine rings is 1. The molecule has 4 nitrogen and oxygen atoms in total. The molecule has 2 N–H and O–H groups in total. The van der Waals surface area contributed by atoms with E-state index in [-0.39, 0.29) is 27.8 Å². The number of rotatable bonds is 3. The van der Waals surface area contributed by atoms with E-state index in [1.54, 1.807) is 0 Å². The van der Waals surface area contributed by atoms with E-state index in [1.807, 2.05) is 0 Å². The summed E-state index contributed by atoms with van der Waals surface area (Å²) in [7, 11) is -3.61. The Morgan fingerprint density at radius 1 is 1.42 bits per heavy atom. The maximum absolute atomic E-state index is 12.9. The largest absolute Gasteiger partial charge is 0.315 e. The van der Waals surface area contributed by atoms with E-state index in [1.165, 1.54) is 6.07 Å². The Hall–Kier alpha value is -0.210. The summed E-state index contributed by atoms with van der Waals surface area (Å²) in [4.78, 5) is 0.0643. The maximum Gasteiger partial charge on any atom is 0.241 e. The van der Waals surface area contributed by atoms with E-state index in [9.17, 15) is 12.8 Å². The van der Waals surface area contributed by atoms with E-state index < -0.39 is 15.8 Å². The average molecular weight is 374 g/mol. The van der Waals surface area contributed by atoms with Gasteiger partial charge >= 0.3 is 0 Å². The molecule has 108 valence electrons. The molecule has 0 bridgehead atoms. The zero-order valence-corrected chi connectivity index (χ0v) is 13.2. The van der Waals surface area contributed by atoms with Crippen LogP contribution in [0.4, 0.5) is 4.39 Å². The fraction of sp³-hybridized carbons (Fsp3) is 0.455. The maximum atomic E-state index is 12.9. The first-order valence-electron chi connectivity index (χ1n) is 5.67. The Morgan fingerprint density at radius 3 is 2.74 bits per heavy atom. The van der Waals surface area contributed by atoms with Crippen molar-refractivity contribution in [1.82, 2.24) is 10.0 Å². The molecule has 8 heteroatoms. The van der Waals surface area contributed by atoms with Crippen LogP contribution in [0.25, 0.3) is 0 Å². The summed E-state index contributed by atoms with van der Waals surface area (Å²) in [5.74, 6) is -0.472. The summed E-state index contributed by atoms with van der Waals surface area (Å²) in [5, 5.41) is 3.13. The highest BCUT2D eigenvalue weighted by Gasteiger charge is 2.23. The van der Waals surface area contributed by atoms with Crippen LogP contribution in [0, 0.1) is 5.82 Å². The molecule has 1 aliphatic rings. The van der Waals surface area contributed by atoms with Crippen LogP contribution in [0.5, 0.6) is 0 Å². The highest BCUT2D eigenvalue weighted by molar-refractivity contribution is 9.10. The van der Waals surface area contributed by atoms with Crippen LogP contribution in [0.1, 0.15) is 12.8 Å². The Labute approximate surface area is 126 Å². The van der Waals surface area contributed by atoms with Gasteiger partial charge in [-0.25, -0.2) is 17.5 Å². The molecule has 1 fully saturated rings. The van der Waals surface area contributed by atoms with Crippen LogP contribution < -0.4 is 10.0 Å². The third-order valence-electron chi connectivity index (χ3n) is 2.80. The van der Waals surface area contributed by atoms with E-state index >= 15 is 0 Å². The summed E-state index contributed by atoms with van der Waals surface area (Å²) < 4.78 is 40.1. The first kappa shape index (κ1) is 16.8. The monoisotopic (exact) mass is 372 g/mol. The van der Waals surface area contributed by atoms with Gasteiger partial charge in [-0.2, -0.15) is 0 Å². The van der Waals surface area contributed by atoms with Crippen molar-refractivity contribution in [2.45, 2.75) is 23.8 Å². The molecule has 0 radical (unpaired) electrons. The predicted octanol–water partition coefficient (Wildman–Crippen LogP) is 2.04. The van der Waals surface area contributed by atoms with Gasteiger partial charge in [0.05, 0.1) is 4.90 Å². The summed E-state index contributed by atoms with van der Waals surface area (Å²) in [6.45, 7) is 1.54. The first-order chi connectivity index (χ1) is 8.49. The number of halogens is 3. The lowest BCUT2D eigenvalue weighted by Crippen LogP contribution is -2.45. The lowest BCUT2D eigenvalue weighted by molar-refractivity contribution is 0.428. The van der Waals surface area contributed by atoms with Crippen LogP contribution in [-0.2, 0) is 10.0 Å². The molecular formula is C11H15BrClFN2O2S. The number of nitrogens with one attached hydrogen (secondary N) is 2. The SMILES string of the molecule is Cl.O=S(=O)(N[C@H]1CCCNC1)c1ccc(F)cc1Br. The lowest BCUT2D eigenvalue weighted by atomic mass is 10.1. The number of benzene rings is 1. The lowest BCUT2D eigenvalue weighted by Gasteiger charge is -2.23. The van der Waals surface area contributed by atoms with Gasteiger partial charge in [0.1, 0.15) is 5.82 Å². The minimum atomic E-state index is -3.61. The molecular weight excluding hydrogens is 359 g/mol. The quantitative estimate of drug-likeness (QED) is 0.852. The normalized spacial score (nSPS) is 19.8. The third kappa shape index (κ3) is 4.39.